The van der Waals surface area contributed by atoms with Crippen LogP contribution >= 0.6 is 11.6 Å². The van der Waals surface area contributed by atoms with Gasteiger partial charge in [-0.25, -0.2) is 13.9 Å². The summed E-state index contributed by atoms with van der Waals surface area (Å²) in [5.41, 5.74) is 7.81. The summed E-state index contributed by atoms with van der Waals surface area (Å²) >= 11 is 6.50. The van der Waals surface area contributed by atoms with E-state index in [9.17, 15) is 27.5 Å². The Hall–Kier alpha value is -4.10. The molecule has 0 radical (unpaired) electrons. The third-order valence-electron chi connectivity index (χ3n) is 7.13. The van der Waals surface area contributed by atoms with Crippen molar-refractivity contribution in [2.45, 2.75) is 38.2 Å². The highest BCUT2D eigenvalue weighted by molar-refractivity contribution is 6.33. The lowest BCUT2D eigenvalue weighted by Gasteiger charge is -2.31. The highest BCUT2D eigenvalue weighted by Crippen LogP contribution is 2.38. The van der Waals surface area contributed by atoms with Gasteiger partial charge >= 0.3 is 6.18 Å². The van der Waals surface area contributed by atoms with E-state index in [2.05, 4.69) is 20.7 Å². The maximum absolute atomic E-state index is 14.1. The van der Waals surface area contributed by atoms with Crippen molar-refractivity contribution in [1.82, 2.24) is 19.5 Å². The molecule has 2 aromatic heterocycles. The van der Waals surface area contributed by atoms with Crippen LogP contribution in [0.25, 0.3) is 16.6 Å². The summed E-state index contributed by atoms with van der Waals surface area (Å²) in [6, 6.07) is 8.73. The van der Waals surface area contributed by atoms with E-state index in [-0.39, 0.29) is 28.4 Å². The van der Waals surface area contributed by atoms with Crippen LogP contribution in [0.5, 0.6) is 0 Å². The zero-order valence-electron chi connectivity index (χ0n) is 21.7. The molecule has 5 N–H and O–H groups in total. The van der Waals surface area contributed by atoms with Crippen LogP contribution in [0.2, 0.25) is 5.02 Å². The Balaban J connectivity index is 1.39. The second kappa shape index (κ2) is 11.1. The monoisotopic (exact) mass is 591 g/mol. The van der Waals surface area contributed by atoms with Gasteiger partial charge in [0.25, 0.3) is 0 Å². The number of alkyl halides is 3. The Labute approximate surface area is 236 Å². The number of nitrogen functional groups attached to an aromatic ring is 1. The molecule has 41 heavy (non-hydrogen) atoms. The van der Waals surface area contributed by atoms with Crippen LogP contribution < -0.4 is 16.4 Å². The summed E-state index contributed by atoms with van der Waals surface area (Å²) in [5, 5.41) is 19.9. The molecule has 0 bridgehead atoms. The Bertz CT molecular complexity index is 1600. The van der Waals surface area contributed by atoms with Gasteiger partial charge in [-0.2, -0.15) is 18.3 Å². The van der Waals surface area contributed by atoms with Crippen LogP contribution in [0, 0.1) is 5.82 Å². The van der Waals surface area contributed by atoms with Crippen LogP contribution in [0.1, 0.15) is 36.9 Å². The van der Waals surface area contributed by atoms with E-state index in [1.807, 2.05) is 11.0 Å². The van der Waals surface area contributed by atoms with E-state index >= 15 is 0 Å². The fraction of sp³-hybridized carbons (Fsp3) is 0.296. The van der Waals surface area contributed by atoms with Gasteiger partial charge in [0.1, 0.15) is 17.7 Å². The largest absolute Gasteiger partial charge is 0.416 e. The minimum Gasteiger partial charge on any atom is -0.382 e. The Morgan fingerprint density at radius 3 is 2.49 bits per heavy atom. The van der Waals surface area contributed by atoms with Gasteiger partial charge in [0, 0.05) is 37.2 Å². The lowest BCUT2D eigenvalue weighted by molar-refractivity contribution is -0.137. The highest BCUT2D eigenvalue weighted by Gasteiger charge is 2.31. The summed E-state index contributed by atoms with van der Waals surface area (Å²) in [6.45, 7) is 2.83. The van der Waals surface area contributed by atoms with Crippen LogP contribution in [0.3, 0.4) is 0 Å². The molecule has 5 rings (SSSR count). The molecule has 4 aromatic rings. The van der Waals surface area contributed by atoms with Gasteiger partial charge in [0.05, 0.1) is 22.0 Å². The number of benzene rings is 2. The van der Waals surface area contributed by atoms with Crippen LogP contribution in [-0.2, 0) is 11.0 Å². The number of halogens is 5. The van der Waals surface area contributed by atoms with Gasteiger partial charge in [0.15, 0.2) is 5.82 Å². The molecule has 2 aromatic carbocycles. The van der Waals surface area contributed by atoms with E-state index in [1.54, 1.807) is 29.6 Å². The van der Waals surface area contributed by atoms with Crippen molar-refractivity contribution in [2.24, 2.45) is 0 Å². The first-order valence-corrected chi connectivity index (χ1v) is 13.1. The Kier molecular flexibility index (Phi) is 7.66. The number of amides is 1. The fourth-order valence-corrected chi connectivity index (χ4v) is 5.27. The topological polar surface area (TPSA) is 121 Å². The number of hydrogen-bond donors (Lipinski definition) is 4. The zero-order chi connectivity index (χ0) is 29.5. The average molecular weight is 592 g/mol. The minimum atomic E-state index is -4.68. The molecule has 1 aliphatic rings. The van der Waals surface area contributed by atoms with E-state index < -0.39 is 29.6 Å². The average Bonchev–Trinajstić information content (AvgIpc) is 3.31. The van der Waals surface area contributed by atoms with Crippen LogP contribution in [-0.4, -0.2) is 50.0 Å². The Morgan fingerprint density at radius 2 is 1.83 bits per heavy atom. The third-order valence-corrected chi connectivity index (χ3v) is 7.44. The summed E-state index contributed by atoms with van der Waals surface area (Å²) in [7, 11) is 0. The van der Waals surface area contributed by atoms with Gasteiger partial charge in [-0.1, -0.05) is 17.7 Å². The number of nitrogens with two attached hydrogens (primary N) is 1. The standard InChI is InChI=1S/C27H26ClF4N7O2/c1-14(40)38-8-6-15(7-9-38)23-12-18(24-25(33)34-13-35-39(23)24)16-2-5-21(19(28)10-16)36-26(41)37-22-11-17(27(30,31)32)3-4-20(22)29/h2-5,10-13,15,26,36-37,41H,6-9H2,1H3,(H2,33,34,35). The fourth-order valence-electron chi connectivity index (χ4n) is 5.04. The third kappa shape index (κ3) is 5.86. The molecule has 0 aliphatic carbocycles. The molecule has 1 amide bonds. The maximum atomic E-state index is 14.1. The maximum Gasteiger partial charge on any atom is 0.416 e. The highest BCUT2D eigenvalue weighted by atomic mass is 35.5. The molecule has 9 nitrogen and oxygen atoms in total. The number of aliphatic hydroxyl groups is 1. The predicted octanol–water partition coefficient (Wildman–Crippen LogP) is 5.32. The van der Waals surface area contributed by atoms with Gasteiger partial charge in [-0.15, -0.1) is 0 Å². The van der Waals surface area contributed by atoms with E-state index in [0.717, 1.165) is 24.1 Å². The quantitative estimate of drug-likeness (QED) is 0.177. The second-order valence-corrected chi connectivity index (χ2v) is 10.2. The molecule has 1 fully saturated rings. The van der Waals surface area contributed by atoms with Gasteiger partial charge in [-0.3, -0.25) is 4.79 Å². The van der Waals surface area contributed by atoms with Crippen molar-refractivity contribution >= 4 is 40.2 Å². The molecule has 0 saturated carbocycles. The first-order valence-electron chi connectivity index (χ1n) is 12.7. The molecular weight excluding hydrogens is 566 g/mol. The van der Waals surface area contributed by atoms with Gasteiger partial charge < -0.3 is 26.4 Å². The first-order chi connectivity index (χ1) is 19.4. The number of aliphatic hydroxyl groups excluding tert-OH is 1. The number of fused-ring (bicyclic) bond motifs is 1. The molecule has 1 atom stereocenters. The first kappa shape index (κ1) is 28.4. The van der Waals surface area contributed by atoms with Crippen LogP contribution in [0.15, 0.2) is 48.8 Å². The van der Waals surface area contributed by atoms with Gasteiger partial charge in [-0.05, 0) is 54.8 Å². The summed E-state index contributed by atoms with van der Waals surface area (Å²) in [6.07, 6.45) is -3.44. The molecule has 216 valence electrons. The normalized spacial score (nSPS) is 15.2. The van der Waals surface area contributed by atoms with E-state index in [4.69, 9.17) is 17.3 Å². The molecule has 1 saturated heterocycles. The number of carbonyl (C=O) groups is 1. The number of anilines is 3. The lowest BCUT2D eigenvalue weighted by Crippen LogP contribution is -2.36. The molecule has 1 unspecified atom stereocenters. The smallest absolute Gasteiger partial charge is 0.382 e. The SMILES string of the molecule is CC(=O)N1CCC(c2cc(-c3ccc(NC(O)Nc4cc(C(F)(F)F)ccc4F)c(Cl)c3)c3c(N)ncnn23)CC1. The second-order valence-electron chi connectivity index (χ2n) is 9.75. The molecular formula is C27H26ClF4N7O2. The molecule has 0 spiro atoms. The number of rotatable bonds is 6. The summed E-state index contributed by atoms with van der Waals surface area (Å²) < 4.78 is 54.9. The van der Waals surface area contributed by atoms with Crippen LogP contribution in [0.4, 0.5) is 34.8 Å². The Morgan fingerprint density at radius 1 is 1.12 bits per heavy atom. The van der Waals surface area contributed by atoms with Crippen molar-refractivity contribution in [3.05, 3.63) is 70.9 Å². The van der Waals surface area contributed by atoms with Gasteiger partial charge in [0.2, 0.25) is 12.3 Å². The van der Waals surface area contributed by atoms with E-state index in [1.165, 1.54) is 6.33 Å². The van der Waals surface area contributed by atoms with E-state index in [0.29, 0.717) is 42.4 Å². The number of nitrogens with zero attached hydrogens (tertiary/aromatic N) is 4. The lowest BCUT2D eigenvalue weighted by atomic mass is 9.93. The summed E-state index contributed by atoms with van der Waals surface area (Å²) in [5.74, 6) is -0.527. The van der Waals surface area contributed by atoms with Crippen molar-refractivity contribution in [2.75, 3.05) is 29.5 Å². The van der Waals surface area contributed by atoms with Crippen molar-refractivity contribution in [3.63, 3.8) is 0 Å². The predicted molar refractivity (Wildman–Crippen MR) is 147 cm³/mol. The zero-order valence-corrected chi connectivity index (χ0v) is 22.5. The van der Waals surface area contributed by atoms with Crippen molar-refractivity contribution in [1.29, 1.82) is 0 Å². The summed E-state index contributed by atoms with van der Waals surface area (Å²) in [4.78, 5) is 17.7. The minimum absolute atomic E-state index is 0.0411. The number of likely N-dealkylation sites (tertiary alicyclic amines) is 1. The molecule has 14 heteroatoms. The molecule has 3 heterocycles. The molecule has 1 aliphatic heterocycles. The number of nitrogens with one attached hydrogen (secondary N) is 2. The van der Waals surface area contributed by atoms with Crippen molar-refractivity contribution < 1.29 is 27.5 Å². The number of piperidine rings is 1. The number of carbonyl (C=O) groups excluding carboxylic acids is 1. The number of hydrogen-bond acceptors (Lipinski definition) is 7. The number of aromatic nitrogens is 3. The van der Waals surface area contributed by atoms with Crippen molar-refractivity contribution in [3.8, 4) is 11.1 Å².